The van der Waals surface area contributed by atoms with Crippen molar-refractivity contribution < 1.29 is 0 Å². The highest BCUT2D eigenvalue weighted by atomic mass is 15.2. The molecule has 29 heavy (non-hydrogen) atoms. The fraction of sp³-hybridized carbons (Fsp3) is 0.217. The Kier molecular flexibility index (Phi) is 4.41. The number of piperidine rings is 1. The van der Waals surface area contributed by atoms with E-state index in [1.807, 2.05) is 48.7 Å². The van der Waals surface area contributed by atoms with E-state index in [2.05, 4.69) is 27.0 Å². The summed E-state index contributed by atoms with van der Waals surface area (Å²) in [5.74, 6) is 1.23. The summed E-state index contributed by atoms with van der Waals surface area (Å²) >= 11 is 0. The average molecular weight is 384 g/mol. The fourth-order valence-corrected chi connectivity index (χ4v) is 4.10. The predicted octanol–water partition coefficient (Wildman–Crippen LogP) is 3.80. The lowest BCUT2D eigenvalue weighted by atomic mass is 9.98. The standard InChI is InChI=1S/C23H24N6/c24-16-10-12-29(13-11-16)21-17(15-6-2-1-3-7-15)14-26-22(25)20(21)23-27-18-8-4-5-9-19(18)28-23/h1-9,14,16H,10-13,24H2,(H2,25,26)(H,27,28). The van der Waals surface area contributed by atoms with Gasteiger partial charge in [0.1, 0.15) is 11.6 Å². The average Bonchev–Trinajstić information content (AvgIpc) is 3.18. The lowest BCUT2D eigenvalue weighted by molar-refractivity contribution is 0.501. The van der Waals surface area contributed by atoms with Gasteiger partial charge in [0.15, 0.2) is 0 Å². The number of nitrogens with zero attached hydrogens (tertiary/aromatic N) is 3. The molecule has 6 heteroatoms. The number of aromatic nitrogens is 3. The van der Waals surface area contributed by atoms with Gasteiger partial charge in [-0.15, -0.1) is 0 Å². The van der Waals surface area contributed by atoms with Gasteiger partial charge in [-0.1, -0.05) is 42.5 Å². The van der Waals surface area contributed by atoms with E-state index in [0.717, 1.165) is 65.2 Å². The van der Waals surface area contributed by atoms with Gasteiger partial charge in [-0.05, 0) is 30.5 Å². The van der Waals surface area contributed by atoms with Crippen molar-refractivity contribution >= 4 is 22.5 Å². The second-order valence-corrected chi connectivity index (χ2v) is 7.57. The maximum Gasteiger partial charge on any atom is 0.144 e. The Bertz CT molecular complexity index is 1110. The molecule has 2 aromatic heterocycles. The van der Waals surface area contributed by atoms with E-state index >= 15 is 0 Å². The second-order valence-electron chi connectivity index (χ2n) is 7.57. The third-order valence-corrected chi connectivity index (χ3v) is 5.65. The molecule has 0 saturated carbocycles. The Morgan fingerprint density at radius 3 is 2.45 bits per heavy atom. The number of pyridine rings is 1. The maximum atomic E-state index is 6.43. The van der Waals surface area contributed by atoms with Crippen molar-refractivity contribution in [3.8, 4) is 22.5 Å². The number of para-hydroxylation sites is 2. The number of imidazole rings is 1. The van der Waals surface area contributed by atoms with Crippen LogP contribution in [0.4, 0.5) is 11.5 Å². The zero-order valence-corrected chi connectivity index (χ0v) is 16.2. The highest BCUT2D eigenvalue weighted by molar-refractivity contribution is 5.95. The van der Waals surface area contributed by atoms with Gasteiger partial charge in [0.25, 0.3) is 0 Å². The first-order valence-corrected chi connectivity index (χ1v) is 10.0. The Hall–Kier alpha value is -3.38. The summed E-state index contributed by atoms with van der Waals surface area (Å²) in [5.41, 5.74) is 18.6. The molecule has 1 aliphatic rings. The smallest absolute Gasteiger partial charge is 0.144 e. The first kappa shape index (κ1) is 17.7. The SMILES string of the molecule is Nc1ncc(-c2ccccc2)c(N2CCC(N)CC2)c1-c1nc2ccccc2[nH]1. The molecule has 4 aromatic rings. The highest BCUT2D eigenvalue weighted by Crippen LogP contribution is 2.42. The molecule has 146 valence electrons. The van der Waals surface area contributed by atoms with Crippen molar-refractivity contribution in [2.24, 2.45) is 5.73 Å². The predicted molar refractivity (Wildman–Crippen MR) is 119 cm³/mol. The minimum Gasteiger partial charge on any atom is -0.383 e. The number of fused-ring (bicyclic) bond motifs is 1. The van der Waals surface area contributed by atoms with Crippen LogP contribution in [0.1, 0.15) is 12.8 Å². The quantitative estimate of drug-likeness (QED) is 0.499. The van der Waals surface area contributed by atoms with Crippen molar-refractivity contribution in [2.75, 3.05) is 23.7 Å². The highest BCUT2D eigenvalue weighted by Gasteiger charge is 2.26. The molecule has 5 N–H and O–H groups in total. The number of aromatic amines is 1. The van der Waals surface area contributed by atoms with Gasteiger partial charge in [-0.2, -0.15) is 0 Å². The molecule has 0 bridgehead atoms. The van der Waals surface area contributed by atoms with E-state index < -0.39 is 0 Å². The zero-order chi connectivity index (χ0) is 19.8. The van der Waals surface area contributed by atoms with Gasteiger partial charge in [-0.3, -0.25) is 0 Å². The van der Waals surface area contributed by atoms with Gasteiger partial charge in [0.2, 0.25) is 0 Å². The summed E-state index contributed by atoms with van der Waals surface area (Å²) < 4.78 is 0. The molecule has 6 nitrogen and oxygen atoms in total. The number of anilines is 2. The summed E-state index contributed by atoms with van der Waals surface area (Å²) in [4.78, 5) is 15.2. The normalized spacial score (nSPS) is 15.1. The van der Waals surface area contributed by atoms with E-state index in [-0.39, 0.29) is 6.04 Å². The number of rotatable bonds is 3. The minimum absolute atomic E-state index is 0.250. The number of nitrogens with one attached hydrogen (secondary N) is 1. The van der Waals surface area contributed by atoms with Gasteiger partial charge >= 0.3 is 0 Å². The zero-order valence-electron chi connectivity index (χ0n) is 16.2. The van der Waals surface area contributed by atoms with Crippen LogP contribution in [0.2, 0.25) is 0 Å². The molecule has 1 aliphatic heterocycles. The first-order valence-electron chi connectivity index (χ1n) is 10.0. The van der Waals surface area contributed by atoms with Crippen LogP contribution in [0.15, 0.2) is 60.8 Å². The number of nitrogen functional groups attached to an aromatic ring is 1. The van der Waals surface area contributed by atoms with Crippen LogP contribution in [0, 0.1) is 0 Å². The third kappa shape index (κ3) is 3.21. The van der Waals surface area contributed by atoms with E-state index in [4.69, 9.17) is 16.5 Å². The Balaban J connectivity index is 1.74. The third-order valence-electron chi connectivity index (χ3n) is 5.65. The monoisotopic (exact) mass is 384 g/mol. The van der Waals surface area contributed by atoms with Crippen LogP contribution in [0.25, 0.3) is 33.5 Å². The summed E-state index contributed by atoms with van der Waals surface area (Å²) in [6.07, 6.45) is 3.78. The van der Waals surface area contributed by atoms with Crippen LogP contribution in [0.3, 0.4) is 0 Å². The van der Waals surface area contributed by atoms with Gasteiger partial charge < -0.3 is 21.4 Å². The van der Waals surface area contributed by atoms with Crippen molar-refractivity contribution in [3.63, 3.8) is 0 Å². The number of nitrogens with two attached hydrogens (primary N) is 2. The lowest BCUT2D eigenvalue weighted by Gasteiger charge is -2.34. The van der Waals surface area contributed by atoms with Crippen LogP contribution in [-0.2, 0) is 0 Å². The fourth-order valence-electron chi connectivity index (χ4n) is 4.10. The molecule has 1 fully saturated rings. The van der Waals surface area contributed by atoms with Crippen LogP contribution in [0.5, 0.6) is 0 Å². The van der Waals surface area contributed by atoms with Crippen molar-refractivity contribution in [1.29, 1.82) is 0 Å². The van der Waals surface area contributed by atoms with E-state index in [0.29, 0.717) is 5.82 Å². The molecule has 2 aromatic carbocycles. The van der Waals surface area contributed by atoms with Gasteiger partial charge in [0, 0.05) is 30.9 Å². The Morgan fingerprint density at radius 2 is 1.69 bits per heavy atom. The summed E-state index contributed by atoms with van der Waals surface area (Å²) in [6.45, 7) is 1.77. The molecule has 0 aliphatic carbocycles. The van der Waals surface area contributed by atoms with Crippen LogP contribution < -0.4 is 16.4 Å². The number of benzene rings is 2. The molecule has 0 unspecified atom stereocenters. The maximum absolute atomic E-state index is 6.43. The van der Waals surface area contributed by atoms with Crippen LogP contribution in [-0.4, -0.2) is 34.1 Å². The summed E-state index contributed by atoms with van der Waals surface area (Å²) in [6, 6.07) is 18.6. The van der Waals surface area contributed by atoms with Gasteiger partial charge in [-0.25, -0.2) is 9.97 Å². The molecule has 0 radical (unpaired) electrons. The van der Waals surface area contributed by atoms with Crippen molar-refractivity contribution in [3.05, 3.63) is 60.8 Å². The lowest BCUT2D eigenvalue weighted by Crippen LogP contribution is -2.40. The topological polar surface area (TPSA) is 96.8 Å². The molecule has 0 amide bonds. The van der Waals surface area contributed by atoms with Crippen molar-refractivity contribution in [1.82, 2.24) is 15.0 Å². The molecule has 1 saturated heterocycles. The van der Waals surface area contributed by atoms with Crippen molar-refractivity contribution in [2.45, 2.75) is 18.9 Å². The molecular formula is C23H24N6. The first-order chi connectivity index (χ1) is 14.2. The largest absolute Gasteiger partial charge is 0.383 e. The molecule has 0 atom stereocenters. The minimum atomic E-state index is 0.250. The molecule has 5 rings (SSSR count). The molecule has 0 spiro atoms. The number of hydrogen-bond acceptors (Lipinski definition) is 5. The van der Waals surface area contributed by atoms with Gasteiger partial charge in [0.05, 0.1) is 22.3 Å². The molecular weight excluding hydrogens is 360 g/mol. The summed E-state index contributed by atoms with van der Waals surface area (Å²) in [7, 11) is 0. The summed E-state index contributed by atoms with van der Waals surface area (Å²) in [5, 5.41) is 0. The van der Waals surface area contributed by atoms with E-state index in [1.165, 1.54) is 0 Å². The number of hydrogen-bond donors (Lipinski definition) is 3. The van der Waals surface area contributed by atoms with E-state index in [1.54, 1.807) is 0 Å². The Labute approximate surface area is 169 Å². The Morgan fingerprint density at radius 1 is 0.966 bits per heavy atom. The van der Waals surface area contributed by atoms with Crippen LogP contribution >= 0.6 is 0 Å². The molecule has 3 heterocycles. The number of H-pyrrole nitrogens is 1. The van der Waals surface area contributed by atoms with E-state index in [9.17, 15) is 0 Å². The second kappa shape index (κ2) is 7.22.